The van der Waals surface area contributed by atoms with E-state index < -0.39 is 0 Å². The van der Waals surface area contributed by atoms with Gasteiger partial charge in [-0.1, -0.05) is 29.8 Å². The highest BCUT2D eigenvalue weighted by Crippen LogP contribution is 2.25. The summed E-state index contributed by atoms with van der Waals surface area (Å²) < 4.78 is 7.09. The molecular weight excluding hydrogens is 380 g/mol. The highest BCUT2D eigenvalue weighted by atomic mass is 35.5. The zero-order chi connectivity index (χ0) is 19.9. The number of hydrogen-bond donors (Lipinski definition) is 2. The average Bonchev–Trinajstić information content (AvgIpc) is 3.04. The van der Waals surface area contributed by atoms with Crippen LogP contribution in [0.3, 0.4) is 0 Å². The topological polar surface area (TPSA) is 85.2 Å². The van der Waals surface area contributed by atoms with Crippen LogP contribution in [0.5, 0.6) is 5.75 Å². The second-order valence-corrected chi connectivity index (χ2v) is 7.38. The van der Waals surface area contributed by atoms with Gasteiger partial charge in [0.15, 0.2) is 5.69 Å². The first-order valence-corrected chi connectivity index (χ1v) is 9.86. The zero-order valence-corrected chi connectivity index (χ0v) is 16.6. The Bertz CT molecular complexity index is 801. The molecular formula is C20H25ClN4O3. The Balaban J connectivity index is 1.35. The van der Waals surface area contributed by atoms with Gasteiger partial charge < -0.3 is 15.4 Å². The van der Waals surface area contributed by atoms with Crippen LogP contribution in [0.25, 0.3) is 0 Å². The molecule has 7 nitrogen and oxygen atoms in total. The molecule has 0 spiro atoms. The molecule has 0 bridgehead atoms. The van der Waals surface area contributed by atoms with Crippen molar-refractivity contribution in [3.8, 4) is 5.75 Å². The molecule has 0 unspecified atom stereocenters. The van der Waals surface area contributed by atoms with Gasteiger partial charge in [-0.2, -0.15) is 5.10 Å². The third-order valence-corrected chi connectivity index (χ3v) is 5.12. The number of rotatable bonds is 7. The molecule has 1 saturated carbocycles. The Kier molecular flexibility index (Phi) is 6.92. The van der Waals surface area contributed by atoms with Crippen molar-refractivity contribution in [1.29, 1.82) is 0 Å². The van der Waals surface area contributed by atoms with Crippen molar-refractivity contribution in [3.05, 3.63) is 47.2 Å². The van der Waals surface area contributed by atoms with Gasteiger partial charge in [0.05, 0.1) is 11.6 Å². The maximum Gasteiger partial charge on any atom is 0.273 e. The summed E-state index contributed by atoms with van der Waals surface area (Å²) >= 11 is 6.01. The average molecular weight is 405 g/mol. The second-order valence-electron chi connectivity index (χ2n) is 6.97. The van der Waals surface area contributed by atoms with Crippen LogP contribution in [0.2, 0.25) is 5.02 Å². The number of hydrogen-bond acceptors (Lipinski definition) is 4. The van der Waals surface area contributed by atoms with Gasteiger partial charge in [0.25, 0.3) is 5.91 Å². The fraction of sp³-hybridized carbons (Fsp3) is 0.450. The highest BCUT2D eigenvalue weighted by Gasteiger charge is 2.28. The number of benzene rings is 1. The molecule has 1 aromatic carbocycles. The Morgan fingerprint density at radius 1 is 1.21 bits per heavy atom. The standard InChI is InChI=1S/C20H25ClN4O3/c1-25-13-17(21)18(24-25)20(27)23-15-9-7-14(8-10-15)19(26)22-11-12-28-16-5-3-2-4-6-16/h2-6,13-15H,7-12H2,1H3,(H,22,26)(H,23,27). The van der Waals surface area contributed by atoms with Gasteiger partial charge in [-0.3, -0.25) is 14.3 Å². The lowest BCUT2D eigenvalue weighted by Crippen LogP contribution is -2.41. The zero-order valence-electron chi connectivity index (χ0n) is 15.9. The van der Waals surface area contributed by atoms with Crippen molar-refractivity contribution in [2.24, 2.45) is 13.0 Å². The van der Waals surface area contributed by atoms with Gasteiger partial charge >= 0.3 is 0 Å². The Hall–Kier alpha value is -2.54. The van der Waals surface area contributed by atoms with Crippen LogP contribution < -0.4 is 15.4 Å². The van der Waals surface area contributed by atoms with Gasteiger partial charge in [0, 0.05) is 25.2 Å². The highest BCUT2D eigenvalue weighted by molar-refractivity contribution is 6.33. The van der Waals surface area contributed by atoms with Crippen LogP contribution in [0.1, 0.15) is 36.2 Å². The molecule has 1 aromatic heterocycles. The summed E-state index contributed by atoms with van der Waals surface area (Å²) in [6.07, 6.45) is 4.60. The normalized spacial score (nSPS) is 19.1. The monoisotopic (exact) mass is 404 g/mol. The minimum absolute atomic E-state index is 0.0247. The molecule has 8 heteroatoms. The first-order valence-electron chi connectivity index (χ1n) is 9.48. The van der Waals surface area contributed by atoms with Crippen LogP contribution >= 0.6 is 11.6 Å². The van der Waals surface area contributed by atoms with E-state index in [-0.39, 0.29) is 29.5 Å². The van der Waals surface area contributed by atoms with Gasteiger partial charge in [0.2, 0.25) is 5.91 Å². The molecule has 1 aliphatic carbocycles. The lowest BCUT2D eigenvalue weighted by molar-refractivity contribution is -0.126. The number of para-hydroxylation sites is 1. The minimum Gasteiger partial charge on any atom is -0.492 e. The quantitative estimate of drug-likeness (QED) is 0.694. The molecule has 0 atom stereocenters. The first-order chi connectivity index (χ1) is 13.5. The molecule has 0 radical (unpaired) electrons. The molecule has 1 heterocycles. The molecule has 0 saturated heterocycles. The Labute approximate surface area is 169 Å². The van der Waals surface area contributed by atoms with Gasteiger partial charge in [-0.05, 0) is 37.8 Å². The molecule has 2 aromatic rings. The summed E-state index contributed by atoms with van der Waals surface area (Å²) in [5.74, 6) is 0.551. The van der Waals surface area contributed by atoms with Crippen molar-refractivity contribution < 1.29 is 14.3 Å². The number of ether oxygens (including phenoxy) is 1. The summed E-state index contributed by atoms with van der Waals surface area (Å²) in [6.45, 7) is 0.911. The van der Waals surface area contributed by atoms with E-state index in [0.717, 1.165) is 31.4 Å². The van der Waals surface area contributed by atoms with Crippen molar-refractivity contribution in [3.63, 3.8) is 0 Å². The molecule has 3 rings (SSSR count). The van der Waals surface area contributed by atoms with Gasteiger partial charge in [-0.15, -0.1) is 0 Å². The van der Waals surface area contributed by atoms with E-state index in [9.17, 15) is 9.59 Å². The predicted octanol–water partition coefficient (Wildman–Crippen LogP) is 2.56. The largest absolute Gasteiger partial charge is 0.492 e. The SMILES string of the molecule is Cn1cc(Cl)c(C(=O)NC2CCC(C(=O)NCCOc3ccccc3)CC2)n1. The lowest BCUT2D eigenvalue weighted by atomic mass is 9.85. The van der Waals surface area contributed by atoms with E-state index in [1.165, 1.54) is 4.68 Å². The van der Waals surface area contributed by atoms with E-state index in [2.05, 4.69) is 15.7 Å². The summed E-state index contributed by atoms with van der Waals surface area (Å²) in [4.78, 5) is 24.6. The van der Waals surface area contributed by atoms with Crippen LogP contribution in [-0.2, 0) is 11.8 Å². The minimum atomic E-state index is -0.267. The van der Waals surface area contributed by atoms with Crippen molar-refractivity contribution >= 4 is 23.4 Å². The molecule has 0 aliphatic heterocycles. The van der Waals surface area contributed by atoms with Crippen LogP contribution in [0, 0.1) is 5.92 Å². The van der Waals surface area contributed by atoms with E-state index in [1.54, 1.807) is 13.2 Å². The fourth-order valence-corrected chi connectivity index (χ4v) is 3.64. The van der Waals surface area contributed by atoms with Gasteiger partial charge in [0.1, 0.15) is 12.4 Å². The number of carbonyl (C=O) groups excluding carboxylic acids is 2. The number of amides is 2. The summed E-state index contributed by atoms with van der Waals surface area (Å²) in [5.41, 5.74) is 0.238. The molecule has 150 valence electrons. The van der Waals surface area contributed by atoms with Crippen molar-refractivity contribution in [2.45, 2.75) is 31.7 Å². The van der Waals surface area contributed by atoms with Crippen LogP contribution in [0.15, 0.2) is 36.5 Å². The molecule has 28 heavy (non-hydrogen) atoms. The van der Waals surface area contributed by atoms with Crippen LogP contribution in [0.4, 0.5) is 0 Å². The molecule has 1 aliphatic rings. The number of aromatic nitrogens is 2. The maximum absolute atomic E-state index is 12.3. The third kappa shape index (κ3) is 5.48. The van der Waals surface area contributed by atoms with E-state index in [4.69, 9.17) is 16.3 Å². The number of nitrogens with one attached hydrogen (secondary N) is 2. The van der Waals surface area contributed by atoms with E-state index >= 15 is 0 Å². The number of aryl methyl sites for hydroxylation is 1. The maximum atomic E-state index is 12.3. The third-order valence-electron chi connectivity index (χ3n) is 4.85. The van der Waals surface area contributed by atoms with E-state index in [1.807, 2.05) is 30.3 Å². The lowest BCUT2D eigenvalue weighted by Gasteiger charge is -2.28. The summed E-state index contributed by atoms with van der Waals surface area (Å²) in [5, 5.41) is 10.3. The molecule has 2 amide bonds. The summed E-state index contributed by atoms with van der Waals surface area (Å²) in [6, 6.07) is 9.56. The Morgan fingerprint density at radius 2 is 1.93 bits per heavy atom. The fourth-order valence-electron chi connectivity index (χ4n) is 3.37. The first kappa shape index (κ1) is 20.2. The van der Waals surface area contributed by atoms with E-state index in [0.29, 0.717) is 18.2 Å². The number of carbonyl (C=O) groups is 2. The number of nitrogens with zero attached hydrogens (tertiary/aromatic N) is 2. The van der Waals surface area contributed by atoms with Gasteiger partial charge in [-0.25, -0.2) is 0 Å². The van der Waals surface area contributed by atoms with Crippen molar-refractivity contribution in [1.82, 2.24) is 20.4 Å². The Morgan fingerprint density at radius 3 is 2.57 bits per heavy atom. The van der Waals surface area contributed by atoms with Crippen LogP contribution in [-0.4, -0.2) is 40.8 Å². The number of halogens is 1. The molecule has 1 fully saturated rings. The van der Waals surface area contributed by atoms with Crippen molar-refractivity contribution in [2.75, 3.05) is 13.2 Å². The second kappa shape index (κ2) is 9.59. The summed E-state index contributed by atoms with van der Waals surface area (Å²) in [7, 11) is 1.72. The smallest absolute Gasteiger partial charge is 0.273 e. The predicted molar refractivity (Wildman–Crippen MR) is 106 cm³/mol. The molecule has 2 N–H and O–H groups in total.